The number of hydrogen-bond acceptors (Lipinski definition) is 3. The molecule has 1 aromatic rings. The van der Waals surface area contributed by atoms with E-state index in [2.05, 4.69) is 43.1 Å². The minimum absolute atomic E-state index is 0.314. The van der Waals surface area contributed by atoms with Crippen LogP contribution < -0.4 is 10.6 Å². The molecule has 0 unspecified atom stereocenters. The van der Waals surface area contributed by atoms with Gasteiger partial charge in [-0.15, -0.1) is 0 Å². The van der Waals surface area contributed by atoms with Gasteiger partial charge in [0.1, 0.15) is 0 Å². The molecule has 2 rings (SSSR count). The molecule has 0 aliphatic heterocycles. The van der Waals surface area contributed by atoms with Gasteiger partial charge in [-0.3, -0.25) is 0 Å². The lowest BCUT2D eigenvalue weighted by atomic mass is 9.75. The summed E-state index contributed by atoms with van der Waals surface area (Å²) in [5.41, 5.74) is 8.23. The van der Waals surface area contributed by atoms with E-state index in [4.69, 9.17) is 17.3 Å². The summed E-state index contributed by atoms with van der Waals surface area (Å²) >= 11 is 6.43. The molecule has 4 heteroatoms. The number of rotatable bonds is 6. The van der Waals surface area contributed by atoms with Crippen LogP contribution in [0.5, 0.6) is 0 Å². The quantitative estimate of drug-likeness (QED) is 0.876. The molecule has 0 atom stereocenters. The number of hydrogen-bond donors (Lipinski definition) is 1. The number of nitrogens with two attached hydrogens (primary N) is 1. The first-order valence-corrected chi connectivity index (χ1v) is 7.73. The molecule has 3 nitrogen and oxygen atoms in total. The predicted octanol–water partition coefficient (Wildman–Crippen LogP) is 2.76. The Hall–Kier alpha value is -0.770. The first kappa shape index (κ1) is 15.6. The predicted molar refractivity (Wildman–Crippen MR) is 87.7 cm³/mol. The fourth-order valence-electron chi connectivity index (χ4n) is 3.04. The SMILES string of the molecule is CN(CC1(N(C)C)CCC1)c1ccc(CCN)cc1Cl. The van der Waals surface area contributed by atoms with Gasteiger partial charge in [0.25, 0.3) is 0 Å². The van der Waals surface area contributed by atoms with E-state index >= 15 is 0 Å². The maximum atomic E-state index is 6.43. The number of benzene rings is 1. The van der Waals surface area contributed by atoms with Gasteiger partial charge >= 0.3 is 0 Å². The van der Waals surface area contributed by atoms with Crippen molar-refractivity contribution in [3.05, 3.63) is 28.8 Å². The van der Waals surface area contributed by atoms with E-state index in [1.165, 1.54) is 24.8 Å². The summed E-state index contributed by atoms with van der Waals surface area (Å²) in [6.45, 7) is 1.69. The van der Waals surface area contributed by atoms with Crippen LogP contribution in [0.25, 0.3) is 0 Å². The summed E-state index contributed by atoms with van der Waals surface area (Å²) in [6, 6.07) is 6.30. The highest BCUT2D eigenvalue weighted by Crippen LogP contribution is 2.38. The molecule has 0 heterocycles. The van der Waals surface area contributed by atoms with Crippen LogP contribution in [0.2, 0.25) is 5.02 Å². The van der Waals surface area contributed by atoms with Gasteiger partial charge in [0.05, 0.1) is 10.7 Å². The van der Waals surface area contributed by atoms with Crippen molar-refractivity contribution in [2.24, 2.45) is 5.73 Å². The zero-order chi connectivity index (χ0) is 14.8. The van der Waals surface area contributed by atoms with E-state index < -0.39 is 0 Å². The Labute approximate surface area is 127 Å². The van der Waals surface area contributed by atoms with Gasteiger partial charge in [-0.2, -0.15) is 0 Å². The molecule has 0 bridgehead atoms. The molecule has 0 radical (unpaired) electrons. The third-order valence-corrected chi connectivity index (χ3v) is 4.92. The lowest BCUT2D eigenvalue weighted by Gasteiger charge is -2.49. The Kier molecular flexibility index (Phi) is 4.95. The average molecular weight is 296 g/mol. The van der Waals surface area contributed by atoms with Crippen LogP contribution in [-0.2, 0) is 6.42 Å². The van der Waals surface area contributed by atoms with Crippen LogP contribution in [0.15, 0.2) is 18.2 Å². The average Bonchev–Trinajstić information content (AvgIpc) is 2.33. The van der Waals surface area contributed by atoms with Crippen molar-refractivity contribution < 1.29 is 0 Å². The Morgan fingerprint density at radius 1 is 1.25 bits per heavy atom. The van der Waals surface area contributed by atoms with Crippen LogP contribution >= 0.6 is 11.6 Å². The lowest BCUT2D eigenvalue weighted by Crippen LogP contribution is -2.56. The van der Waals surface area contributed by atoms with E-state index in [-0.39, 0.29) is 0 Å². The maximum absolute atomic E-state index is 6.43. The van der Waals surface area contributed by atoms with Gasteiger partial charge in [-0.25, -0.2) is 0 Å². The molecule has 0 amide bonds. The molecular weight excluding hydrogens is 270 g/mol. The first-order valence-electron chi connectivity index (χ1n) is 7.35. The molecule has 0 aromatic heterocycles. The van der Waals surface area contributed by atoms with E-state index in [1.54, 1.807) is 0 Å². The lowest BCUT2D eigenvalue weighted by molar-refractivity contribution is 0.0683. The van der Waals surface area contributed by atoms with E-state index in [0.29, 0.717) is 12.1 Å². The van der Waals surface area contributed by atoms with Gasteiger partial charge in [-0.05, 0) is 64.0 Å². The summed E-state index contributed by atoms with van der Waals surface area (Å²) < 4.78 is 0. The molecule has 1 fully saturated rings. The second kappa shape index (κ2) is 6.33. The highest BCUT2D eigenvalue weighted by Gasteiger charge is 2.40. The fraction of sp³-hybridized carbons (Fsp3) is 0.625. The Balaban J connectivity index is 2.11. The van der Waals surface area contributed by atoms with Gasteiger partial charge in [-0.1, -0.05) is 17.7 Å². The topological polar surface area (TPSA) is 32.5 Å². The minimum atomic E-state index is 0.314. The van der Waals surface area contributed by atoms with E-state index in [0.717, 1.165) is 23.7 Å². The smallest absolute Gasteiger partial charge is 0.0642 e. The number of anilines is 1. The van der Waals surface area contributed by atoms with Gasteiger partial charge in [0.2, 0.25) is 0 Å². The van der Waals surface area contributed by atoms with Crippen LogP contribution in [0.4, 0.5) is 5.69 Å². The zero-order valence-electron chi connectivity index (χ0n) is 12.8. The van der Waals surface area contributed by atoms with Crippen molar-refractivity contribution in [3.63, 3.8) is 0 Å². The van der Waals surface area contributed by atoms with E-state index in [9.17, 15) is 0 Å². The van der Waals surface area contributed by atoms with Gasteiger partial charge in [0.15, 0.2) is 0 Å². The van der Waals surface area contributed by atoms with Crippen molar-refractivity contribution in [1.29, 1.82) is 0 Å². The van der Waals surface area contributed by atoms with Gasteiger partial charge in [0, 0.05) is 19.1 Å². The molecule has 2 N–H and O–H groups in total. The minimum Gasteiger partial charge on any atom is -0.372 e. The summed E-state index contributed by atoms with van der Waals surface area (Å²) in [6.07, 6.45) is 4.75. The van der Waals surface area contributed by atoms with Crippen LogP contribution in [0.3, 0.4) is 0 Å². The maximum Gasteiger partial charge on any atom is 0.0642 e. The molecule has 0 saturated heterocycles. The fourth-order valence-corrected chi connectivity index (χ4v) is 3.39. The molecule has 20 heavy (non-hydrogen) atoms. The highest BCUT2D eigenvalue weighted by atomic mass is 35.5. The number of nitrogens with zero attached hydrogens (tertiary/aromatic N) is 2. The third kappa shape index (κ3) is 3.11. The molecule has 112 valence electrons. The second-order valence-corrected chi connectivity index (χ2v) is 6.56. The van der Waals surface area contributed by atoms with Gasteiger partial charge < -0.3 is 15.5 Å². The monoisotopic (exact) mass is 295 g/mol. The molecule has 1 aromatic carbocycles. The molecular formula is C16H26ClN3. The highest BCUT2D eigenvalue weighted by molar-refractivity contribution is 6.33. The third-order valence-electron chi connectivity index (χ3n) is 4.62. The second-order valence-electron chi connectivity index (χ2n) is 6.15. The number of likely N-dealkylation sites (N-methyl/N-ethyl adjacent to an activating group) is 2. The number of halogens is 1. The van der Waals surface area contributed by atoms with E-state index in [1.807, 2.05) is 6.07 Å². The normalized spacial score (nSPS) is 17.1. The van der Waals surface area contributed by atoms with Crippen LogP contribution in [0, 0.1) is 0 Å². The summed E-state index contributed by atoms with van der Waals surface area (Å²) in [5.74, 6) is 0. The molecule has 0 spiro atoms. The molecule has 1 aliphatic rings. The van der Waals surface area contributed by atoms with Crippen LogP contribution in [-0.4, -0.2) is 44.7 Å². The Morgan fingerprint density at radius 3 is 2.40 bits per heavy atom. The molecule has 1 aliphatic carbocycles. The Morgan fingerprint density at radius 2 is 1.95 bits per heavy atom. The summed E-state index contributed by atoms with van der Waals surface area (Å²) in [4.78, 5) is 4.65. The first-order chi connectivity index (χ1) is 9.48. The van der Waals surface area contributed by atoms with Crippen LogP contribution in [0.1, 0.15) is 24.8 Å². The van der Waals surface area contributed by atoms with Crippen molar-refractivity contribution in [2.45, 2.75) is 31.2 Å². The zero-order valence-corrected chi connectivity index (χ0v) is 13.6. The summed E-state index contributed by atoms with van der Waals surface area (Å²) in [5, 5.41) is 0.826. The van der Waals surface area contributed by atoms with Crippen molar-refractivity contribution >= 4 is 17.3 Å². The Bertz CT molecular complexity index is 455. The standard InChI is InChI=1S/C16H26ClN3/c1-19(2)16(8-4-9-16)12-20(3)15-6-5-13(7-10-18)11-14(15)17/h5-6,11H,4,7-10,12,18H2,1-3H3. The van der Waals surface area contributed by atoms with Crippen molar-refractivity contribution in [3.8, 4) is 0 Å². The van der Waals surface area contributed by atoms with Crippen molar-refractivity contribution in [2.75, 3.05) is 39.1 Å². The largest absolute Gasteiger partial charge is 0.372 e. The van der Waals surface area contributed by atoms with Crippen molar-refractivity contribution in [1.82, 2.24) is 4.90 Å². The molecule has 1 saturated carbocycles. The summed E-state index contributed by atoms with van der Waals surface area (Å²) in [7, 11) is 6.49.